The first-order chi connectivity index (χ1) is 33.9. The summed E-state index contributed by atoms with van der Waals surface area (Å²) in [6.45, 7) is 3.52. The van der Waals surface area contributed by atoms with Gasteiger partial charge in [-0.25, -0.2) is 0 Å². The molecule has 0 aliphatic rings. The number of rotatable bonds is 19. The Hall–Kier alpha value is -5.02. The molecular formula is C54H59BBrNO9PS3. The van der Waals surface area contributed by atoms with Crippen LogP contribution in [0.25, 0.3) is 20.2 Å². The first-order valence-electron chi connectivity index (χ1n) is 22.5. The van der Waals surface area contributed by atoms with Gasteiger partial charge >= 0.3 is 36.7 Å². The molecular weight excluding hydrogens is 1020 g/mol. The number of carbonyl (C=O) groups is 4. The van der Waals surface area contributed by atoms with Crippen LogP contribution in [-0.2, 0) is 31.9 Å². The van der Waals surface area contributed by atoms with Crippen LogP contribution in [0.1, 0.15) is 70.0 Å². The van der Waals surface area contributed by atoms with Gasteiger partial charge in [0.2, 0.25) is 0 Å². The maximum atomic E-state index is 12.4. The average Bonchev–Trinajstić information content (AvgIpc) is 4.02. The fraction of sp³-hybridized carbons (Fsp3) is 0.296. The number of nitrogens with zero attached hydrogens (tertiary/aromatic N) is 1. The third kappa shape index (κ3) is 17.1. The number of aryl methyl sites for hydroxylation is 2. The number of thiol groups is 1. The second-order valence-corrected chi connectivity index (χ2v) is 21.2. The normalized spacial score (nSPS) is 11.4. The first kappa shape index (κ1) is 57.6. The van der Waals surface area contributed by atoms with Gasteiger partial charge in [0, 0.05) is 34.2 Å². The summed E-state index contributed by atoms with van der Waals surface area (Å²) in [4.78, 5) is 49.1. The standard InChI is InChI=1S/C18H21BrO4S.C18H22O5S.C18H15P.BHNS/c2*1-11(18(21)23-3)7-14(20)17-9-13-8-12(5-4-6-19)15(22-2)10-16(13)24-17;1-4-10-16(11-5-1)19(17-12-6-2-7-13-17)18-14-8-3-9-15-18;1-2-3/h8-11H,4-7H2,1-3H3;8-11,19H,4-7H2,1-3H3;1-15H;3H/t2*11-;;/m11../s1. The molecule has 0 saturated carbocycles. The molecule has 1 radical (unpaired) electrons. The van der Waals surface area contributed by atoms with E-state index in [9.17, 15) is 19.2 Å². The van der Waals surface area contributed by atoms with Crippen molar-refractivity contribution in [3.8, 4) is 11.5 Å². The molecule has 0 aliphatic heterocycles. The number of carbonyl (C=O) groups excluding carboxylic acids is 4. The van der Waals surface area contributed by atoms with Crippen molar-refractivity contribution in [3.05, 3.63) is 148 Å². The number of esters is 2. The molecule has 70 heavy (non-hydrogen) atoms. The number of ether oxygens (including phenoxy) is 4. The van der Waals surface area contributed by atoms with Gasteiger partial charge in [0.15, 0.2) is 11.6 Å². The monoisotopic (exact) mass is 1080 g/mol. The summed E-state index contributed by atoms with van der Waals surface area (Å²) in [5.41, 5.74) is 2.16. The Labute approximate surface area is 435 Å². The molecule has 0 bridgehead atoms. The Morgan fingerprint density at radius 2 is 0.986 bits per heavy atom. The van der Waals surface area contributed by atoms with Gasteiger partial charge in [0.05, 0.1) is 50.0 Å². The summed E-state index contributed by atoms with van der Waals surface area (Å²) in [6.07, 6.45) is 3.61. The van der Waals surface area contributed by atoms with Crippen molar-refractivity contribution >= 4 is 127 Å². The maximum absolute atomic E-state index is 12.4. The fourth-order valence-corrected chi connectivity index (χ4v) is 11.9. The van der Waals surface area contributed by atoms with Gasteiger partial charge in [-0.1, -0.05) is 121 Å². The number of hydrogen-bond donors (Lipinski definition) is 2. The predicted molar refractivity (Wildman–Crippen MR) is 297 cm³/mol. The molecule has 7 aromatic rings. The molecule has 5 aromatic carbocycles. The second-order valence-electron chi connectivity index (χ2n) is 15.8. The molecule has 1 N–H and O–H groups in total. The number of halogens is 1. The SMILES string of the molecule is COC(=O)[C@H](C)CC(=O)c1cc2cc(CCCBr)c(OC)cc2s1.COC(=O)[C@H](C)CC(=O)c1cc2cc(CCCO)c(OC)cc2s1.[B]=NS.c1ccc(P(c2ccccc2)c2ccccc2)cc1. The number of methoxy groups -OCH3 is 4. The minimum atomic E-state index is -0.456. The summed E-state index contributed by atoms with van der Waals surface area (Å²) >= 11 is 9.47. The Balaban J connectivity index is 0.000000223. The number of aliphatic hydroxyl groups is 1. The molecule has 0 fully saturated rings. The van der Waals surface area contributed by atoms with Gasteiger partial charge in [-0.3, -0.25) is 19.2 Å². The van der Waals surface area contributed by atoms with Gasteiger partial charge in [-0.2, -0.15) is 0 Å². The maximum Gasteiger partial charge on any atom is -0.0134 e. The summed E-state index contributed by atoms with van der Waals surface area (Å²) in [6, 6.07) is 44.1. The minimum absolute atomic E-state index is 0.0323. The van der Waals surface area contributed by atoms with E-state index in [1.165, 1.54) is 52.8 Å². The topological polar surface area (TPSA) is 138 Å². The number of hydrogen-bond acceptors (Lipinski definition) is 13. The number of benzene rings is 5. The Morgan fingerprint density at radius 3 is 1.30 bits per heavy atom. The predicted octanol–water partition coefficient (Wildman–Crippen LogP) is 11.5. The van der Waals surface area contributed by atoms with E-state index in [4.69, 9.17) is 14.6 Å². The van der Waals surface area contributed by atoms with E-state index in [0.29, 0.717) is 22.6 Å². The van der Waals surface area contributed by atoms with Crippen LogP contribution < -0.4 is 25.4 Å². The van der Waals surface area contributed by atoms with Gasteiger partial charge in [-0.15, -0.1) is 22.7 Å². The minimum Gasteiger partial charge on any atom is -0.0622 e. The van der Waals surface area contributed by atoms with Crippen LogP contribution in [0.4, 0.5) is 0 Å². The number of fused-ring (bicyclic) bond motifs is 2. The first-order valence-corrected chi connectivity index (χ1v) is 27.0. The van der Waals surface area contributed by atoms with Crippen molar-refractivity contribution in [2.24, 2.45) is 16.1 Å². The Kier molecular flexibility index (Phi) is 25.2. The molecule has 0 unspecified atom stereocenters. The van der Waals surface area contributed by atoms with E-state index in [0.717, 1.165) is 61.0 Å². The molecule has 0 saturated heterocycles. The van der Waals surface area contributed by atoms with Crippen LogP contribution in [-0.4, -0.2) is 76.6 Å². The third-order valence-electron chi connectivity index (χ3n) is 10.8. The molecule has 2 aromatic heterocycles. The number of thiophene rings is 2. The van der Waals surface area contributed by atoms with Crippen LogP contribution in [0.15, 0.2) is 132 Å². The molecule has 367 valence electrons. The van der Waals surface area contributed by atoms with E-state index < -0.39 is 19.8 Å². The zero-order valence-electron chi connectivity index (χ0n) is 40.3. The van der Waals surface area contributed by atoms with Crippen molar-refractivity contribution in [2.75, 3.05) is 40.4 Å². The molecule has 2 atom stereocenters. The average molecular weight is 1080 g/mol. The van der Waals surface area contributed by atoms with Crippen molar-refractivity contribution in [2.45, 2.75) is 52.4 Å². The van der Waals surface area contributed by atoms with Crippen molar-refractivity contribution < 1.29 is 43.2 Å². The molecule has 2 heterocycles. The van der Waals surface area contributed by atoms with Crippen LogP contribution >= 0.6 is 59.3 Å². The number of Topliss-reactive ketones (excluding diaryl/α,β-unsaturated/α-hetero) is 2. The summed E-state index contributed by atoms with van der Waals surface area (Å²) in [7, 11) is 9.83. The summed E-state index contributed by atoms with van der Waals surface area (Å²) in [5, 5.41) is 16.2. The molecule has 16 heteroatoms. The van der Waals surface area contributed by atoms with Crippen LogP contribution in [0.5, 0.6) is 11.5 Å². The van der Waals surface area contributed by atoms with Gasteiger partial charge < -0.3 is 24.1 Å². The molecule has 0 aliphatic carbocycles. The van der Waals surface area contributed by atoms with Gasteiger partial charge in [0.25, 0.3) is 0 Å². The largest absolute Gasteiger partial charge is 0.0622 e. The van der Waals surface area contributed by atoms with E-state index in [-0.39, 0.29) is 43.0 Å². The van der Waals surface area contributed by atoms with E-state index >= 15 is 0 Å². The second kappa shape index (κ2) is 30.7. The number of alkyl halides is 1. The van der Waals surface area contributed by atoms with Gasteiger partial charge in [-0.05, 0) is 108 Å². The molecule has 7 rings (SSSR count). The molecule has 0 spiro atoms. The van der Waals surface area contributed by atoms with Crippen LogP contribution in [0.3, 0.4) is 0 Å². The zero-order chi connectivity index (χ0) is 51.0. The van der Waals surface area contributed by atoms with Crippen LogP contribution in [0.2, 0.25) is 0 Å². The van der Waals surface area contributed by atoms with Crippen LogP contribution in [0, 0.1) is 11.8 Å². The van der Waals surface area contributed by atoms with E-state index in [2.05, 4.69) is 147 Å². The van der Waals surface area contributed by atoms with Crippen molar-refractivity contribution in [1.29, 1.82) is 0 Å². The quantitative estimate of drug-likeness (QED) is 0.0202. The summed E-state index contributed by atoms with van der Waals surface area (Å²) < 4.78 is 24.9. The Morgan fingerprint density at radius 1 is 0.629 bits per heavy atom. The molecule has 10 nitrogen and oxygen atoms in total. The molecule has 0 amide bonds. The van der Waals surface area contributed by atoms with E-state index in [1.807, 2.05) is 30.3 Å². The van der Waals surface area contributed by atoms with Crippen molar-refractivity contribution in [1.82, 2.24) is 0 Å². The third-order valence-corrected chi connectivity index (χ3v) is 16.1. The zero-order valence-corrected chi connectivity index (χ0v) is 45.3. The Bertz CT molecular complexity index is 2540. The van der Waals surface area contributed by atoms with Gasteiger partial charge in [0.1, 0.15) is 11.5 Å². The number of ketones is 2. The fourth-order valence-electron chi connectivity index (χ4n) is 7.31. The summed E-state index contributed by atoms with van der Waals surface area (Å²) in [5.74, 6) is -0.105. The van der Waals surface area contributed by atoms with Crippen molar-refractivity contribution in [3.63, 3.8) is 0 Å². The smallest absolute Gasteiger partial charge is 0.0134 e. The van der Waals surface area contributed by atoms with E-state index in [1.54, 1.807) is 28.1 Å². The number of aliphatic hydroxyl groups excluding tert-OH is 1.